The van der Waals surface area contributed by atoms with Crippen molar-refractivity contribution in [1.82, 2.24) is 5.32 Å². The molecule has 118 valence electrons. The minimum atomic E-state index is -0.519. The van der Waals surface area contributed by atoms with Crippen molar-refractivity contribution in [3.05, 3.63) is 29.3 Å². The van der Waals surface area contributed by atoms with E-state index in [-0.39, 0.29) is 18.4 Å². The van der Waals surface area contributed by atoms with E-state index >= 15 is 0 Å². The fourth-order valence-corrected chi connectivity index (χ4v) is 2.69. The largest absolute Gasteiger partial charge is 0.394 e. The number of halogens is 2. The van der Waals surface area contributed by atoms with Crippen LogP contribution in [0.5, 0.6) is 0 Å². The summed E-state index contributed by atoms with van der Waals surface area (Å²) < 4.78 is 33.7. The smallest absolute Gasteiger partial charge is 0.149 e. The minimum Gasteiger partial charge on any atom is -0.394 e. The van der Waals surface area contributed by atoms with Crippen molar-refractivity contribution in [2.24, 2.45) is 0 Å². The third-order valence-corrected chi connectivity index (χ3v) is 3.66. The summed E-state index contributed by atoms with van der Waals surface area (Å²) in [6.07, 6.45) is 1.47. The van der Waals surface area contributed by atoms with E-state index in [2.05, 4.69) is 5.32 Å². The van der Waals surface area contributed by atoms with Gasteiger partial charge in [-0.25, -0.2) is 8.78 Å². The maximum Gasteiger partial charge on any atom is 0.149 e. The van der Waals surface area contributed by atoms with Crippen LogP contribution >= 0.6 is 0 Å². The minimum absolute atomic E-state index is 0.00357. The average molecular weight is 300 g/mol. The first kappa shape index (κ1) is 16.1. The van der Waals surface area contributed by atoms with E-state index in [9.17, 15) is 8.78 Å². The van der Waals surface area contributed by atoms with Gasteiger partial charge in [-0.1, -0.05) is 0 Å². The molecular formula is C15H22F2N2O2. The van der Waals surface area contributed by atoms with Crippen LogP contribution in [-0.4, -0.2) is 44.6 Å². The van der Waals surface area contributed by atoms with E-state index in [1.807, 2.05) is 0 Å². The zero-order valence-corrected chi connectivity index (χ0v) is 12.2. The van der Waals surface area contributed by atoms with E-state index in [4.69, 9.17) is 9.84 Å². The van der Waals surface area contributed by atoms with Gasteiger partial charge in [0.05, 0.1) is 19.3 Å². The third kappa shape index (κ3) is 4.12. The van der Waals surface area contributed by atoms with Crippen LogP contribution in [0.25, 0.3) is 0 Å². The molecule has 1 aromatic rings. The number of benzene rings is 1. The lowest BCUT2D eigenvalue weighted by Gasteiger charge is -2.33. The standard InChI is InChI=1S/C15H22F2N2O2/c1-18-10-11-8-13(16)15(14(17)9-11)19-4-2-12(3-5-19)21-7-6-20/h8-9,12,18,20H,2-7,10H2,1H3. The molecular weight excluding hydrogens is 278 g/mol. The summed E-state index contributed by atoms with van der Waals surface area (Å²) >= 11 is 0. The Kier molecular flexibility index (Phi) is 5.90. The third-order valence-electron chi connectivity index (χ3n) is 3.66. The Morgan fingerprint density at radius 2 is 1.90 bits per heavy atom. The number of aliphatic hydroxyl groups is 1. The van der Waals surface area contributed by atoms with Crippen LogP contribution < -0.4 is 10.2 Å². The highest BCUT2D eigenvalue weighted by atomic mass is 19.1. The SMILES string of the molecule is CNCc1cc(F)c(N2CCC(OCCO)CC2)c(F)c1. The van der Waals surface area contributed by atoms with Crippen molar-refractivity contribution in [3.63, 3.8) is 0 Å². The van der Waals surface area contributed by atoms with Gasteiger partial charge < -0.3 is 20.1 Å². The summed E-state index contributed by atoms with van der Waals surface area (Å²) in [6, 6.07) is 2.76. The highest BCUT2D eigenvalue weighted by Gasteiger charge is 2.24. The zero-order chi connectivity index (χ0) is 15.2. The molecule has 6 heteroatoms. The maximum atomic E-state index is 14.1. The van der Waals surface area contributed by atoms with Gasteiger partial charge in [0, 0.05) is 19.6 Å². The van der Waals surface area contributed by atoms with Crippen LogP contribution in [0.2, 0.25) is 0 Å². The summed E-state index contributed by atoms with van der Waals surface area (Å²) in [7, 11) is 1.74. The molecule has 1 heterocycles. The molecule has 0 saturated carbocycles. The molecule has 0 unspecified atom stereocenters. The van der Waals surface area contributed by atoms with Crippen LogP contribution in [0.4, 0.5) is 14.5 Å². The fourth-order valence-electron chi connectivity index (χ4n) is 2.69. The van der Waals surface area contributed by atoms with E-state index in [1.54, 1.807) is 11.9 Å². The lowest BCUT2D eigenvalue weighted by Crippen LogP contribution is -2.38. The predicted molar refractivity (Wildman–Crippen MR) is 77.4 cm³/mol. The first-order chi connectivity index (χ1) is 10.2. The van der Waals surface area contributed by atoms with Gasteiger partial charge in [-0.3, -0.25) is 0 Å². The van der Waals surface area contributed by atoms with Gasteiger partial charge in [-0.2, -0.15) is 0 Å². The monoisotopic (exact) mass is 300 g/mol. The molecule has 0 aromatic heterocycles. The highest BCUT2D eigenvalue weighted by Crippen LogP contribution is 2.28. The molecule has 0 radical (unpaired) electrons. The lowest BCUT2D eigenvalue weighted by atomic mass is 10.1. The molecule has 0 bridgehead atoms. The van der Waals surface area contributed by atoms with Crippen LogP contribution in [0.15, 0.2) is 12.1 Å². The summed E-state index contributed by atoms with van der Waals surface area (Å²) in [4.78, 5) is 1.73. The Hall–Kier alpha value is -1.24. The molecule has 2 N–H and O–H groups in total. The number of ether oxygens (including phenoxy) is 1. The first-order valence-corrected chi connectivity index (χ1v) is 7.25. The number of hydrogen-bond donors (Lipinski definition) is 2. The molecule has 2 rings (SSSR count). The van der Waals surface area contributed by atoms with Crippen LogP contribution in [0, 0.1) is 11.6 Å². The number of nitrogens with zero attached hydrogens (tertiary/aromatic N) is 1. The van der Waals surface area contributed by atoms with Gasteiger partial charge in [0.25, 0.3) is 0 Å². The number of hydrogen-bond acceptors (Lipinski definition) is 4. The quantitative estimate of drug-likeness (QED) is 0.839. The molecule has 0 aliphatic carbocycles. The van der Waals surface area contributed by atoms with Crippen molar-refractivity contribution >= 4 is 5.69 Å². The van der Waals surface area contributed by atoms with Crippen molar-refractivity contribution in [2.45, 2.75) is 25.5 Å². The van der Waals surface area contributed by atoms with Gasteiger partial charge in [-0.05, 0) is 37.6 Å². The molecule has 0 spiro atoms. The van der Waals surface area contributed by atoms with Crippen LogP contribution in [0.3, 0.4) is 0 Å². The molecule has 0 atom stereocenters. The fraction of sp³-hybridized carbons (Fsp3) is 0.600. The number of nitrogens with one attached hydrogen (secondary N) is 1. The number of anilines is 1. The summed E-state index contributed by atoms with van der Waals surface area (Å²) in [5.41, 5.74) is 0.646. The van der Waals surface area contributed by atoms with Crippen LogP contribution in [0.1, 0.15) is 18.4 Å². The molecule has 0 amide bonds. The Labute approximate surface area is 123 Å². The second-order valence-electron chi connectivity index (χ2n) is 5.22. The van der Waals surface area contributed by atoms with Crippen molar-refractivity contribution in [1.29, 1.82) is 0 Å². The molecule has 1 saturated heterocycles. The second-order valence-corrected chi connectivity index (χ2v) is 5.22. The Morgan fingerprint density at radius 3 is 2.43 bits per heavy atom. The van der Waals surface area contributed by atoms with Crippen molar-refractivity contribution in [3.8, 4) is 0 Å². The predicted octanol–water partition coefficient (Wildman–Crippen LogP) is 1.66. The molecule has 1 aromatic carbocycles. The Morgan fingerprint density at radius 1 is 1.29 bits per heavy atom. The molecule has 1 fully saturated rings. The Balaban J connectivity index is 2.03. The van der Waals surface area contributed by atoms with Gasteiger partial charge >= 0.3 is 0 Å². The summed E-state index contributed by atoms with van der Waals surface area (Å²) in [5.74, 6) is -1.04. The van der Waals surface area contributed by atoms with Crippen LogP contribution in [-0.2, 0) is 11.3 Å². The van der Waals surface area contributed by atoms with E-state index < -0.39 is 11.6 Å². The van der Waals surface area contributed by atoms with Gasteiger partial charge in [0.2, 0.25) is 0 Å². The number of aliphatic hydroxyl groups excluding tert-OH is 1. The van der Waals surface area contributed by atoms with E-state index in [0.29, 0.717) is 44.6 Å². The van der Waals surface area contributed by atoms with Crippen molar-refractivity contribution in [2.75, 3.05) is 38.3 Å². The zero-order valence-electron chi connectivity index (χ0n) is 12.2. The van der Waals surface area contributed by atoms with E-state index in [0.717, 1.165) is 0 Å². The van der Waals surface area contributed by atoms with Gasteiger partial charge in [0.1, 0.15) is 17.3 Å². The number of rotatable bonds is 6. The topological polar surface area (TPSA) is 44.7 Å². The maximum absolute atomic E-state index is 14.1. The van der Waals surface area contributed by atoms with Crippen molar-refractivity contribution < 1.29 is 18.6 Å². The molecule has 1 aliphatic heterocycles. The normalized spacial score (nSPS) is 16.5. The van der Waals surface area contributed by atoms with Gasteiger partial charge in [0.15, 0.2) is 0 Å². The first-order valence-electron chi connectivity index (χ1n) is 7.25. The molecule has 1 aliphatic rings. The van der Waals surface area contributed by atoms with E-state index in [1.165, 1.54) is 12.1 Å². The summed E-state index contributed by atoms with van der Waals surface area (Å²) in [5, 5.41) is 11.6. The highest BCUT2D eigenvalue weighted by molar-refractivity contribution is 5.51. The van der Waals surface area contributed by atoms with Gasteiger partial charge in [-0.15, -0.1) is 0 Å². The summed E-state index contributed by atoms with van der Waals surface area (Å²) in [6.45, 7) is 1.85. The second kappa shape index (κ2) is 7.68. The Bertz CT molecular complexity index is 440. The number of piperidine rings is 1. The molecule has 21 heavy (non-hydrogen) atoms. The molecule has 4 nitrogen and oxygen atoms in total. The lowest BCUT2D eigenvalue weighted by molar-refractivity contribution is 0.0158. The average Bonchev–Trinajstić information content (AvgIpc) is 2.46.